The molecule has 4 N–H and O–H groups in total. The minimum Gasteiger partial charge on any atom is -0.508 e. The lowest BCUT2D eigenvalue weighted by molar-refractivity contribution is 0.442. The van der Waals surface area contributed by atoms with Crippen LogP contribution in [0.2, 0.25) is 0 Å². The maximum Gasteiger partial charge on any atom is 0.132 e. The molecule has 2 aromatic rings. The van der Waals surface area contributed by atoms with Crippen LogP contribution in [0.15, 0.2) is 30.3 Å². The van der Waals surface area contributed by atoms with E-state index in [0.29, 0.717) is 3.57 Å². The molecule has 0 spiro atoms. The molecule has 0 heterocycles. The summed E-state index contributed by atoms with van der Waals surface area (Å²) in [5.41, 5.74) is 2.01. The van der Waals surface area contributed by atoms with Crippen molar-refractivity contribution in [3.8, 4) is 23.0 Å². The minimum absolute atomic E-state index is 0.145. The van der Waals surface area contributed by atoms with E-state index < -0.39 is 0 Å². The van der Waals surface area contributed by atoms with Crippen molar-refractivity contribution in [2.45, 2.75) is 65.2 Å². The number of aromatic hydroxyl groups is 4. The van der Waals surface area contributed by atoms with E-state index in [1.807, 2.05) is 22.6 Å². The van der Waals surface area contributed by atoms with Crippen molar-refractivity contribution < 1.29 is 20.4 Å². The Morgan fingerprint density at radius 3 is 1.44 bits per heavy atom. The van der Waals surface area contributed by atoms with Gasteiger partial charge in [-0.2, -0.15) is 0 Å². The van der Waals surface area contributed by atoms with Gasteiger partial charge in [0.2, 0.25) is 0 Å². The number of hydrogen-bond acceptors (Lipinski definition) is 4. The molecule has 150 valence electrons. The molecule has 0 aliphatic heterocycles. The van der Waals surface area contributed by atoms with Gasteiger partial charge in [-0.25, -0.2) is 0 Å². The lowest BCUT2D eigenvalue weighted by Crippen LogP contribution is -1.87. The Balaban J connectivity index is 0.000000271. The van der Waals surface area contributed by atoms with Gasteiger partial charge in [-0.15, -0.1) is 0 Å². The van der Waals surface area contributed by atoms with Crippen molar-refractivity contribution in [1.82, 2.24) is 0 Å². The maximum atomic E-state index is 9.47. The van der Waals surface area contributed by atoms with Gasteiger partial charge >= 0.3 is 0 Å². The van der Waals surface area contributed by atoms with Crippen LogP contribution in [0.25, 0.3) is 0 Å². The summed E-state index contributed by atoms with van der Waals surface area (Å²) in [5, 5.41) is 37.3. The van der Waals surface area contributed by atoms with Crippen LogP contribution in [0.5, 0.6) is 23.0 Å². The van der Waals surface area contributed by atoms with E-state index in [2.05, 4.69) is 13.8 Å². The average molecular weight is 486 g/mol. The molecule has 0 saturated carbocycles. The van der Waals surface area contributed by atoms with Crippen molar-refractivity contribution in [2.24, 2.45) is 0 Å². The Morgan fingerprint density at radius 1 is 0.630 bits per heavy atom. The monoisotopic (exact) mass is 486 g/mol. The highest BCUT2D eigenvalue weighted by molar-refractivity contribution is 14.1. The van der Waals surface area contributed by atoms with E-state index in [1.54, 1.807) is 24.3 Å². The molecule has 4 nitrogen and oxygen atoms in total. The maximum absolute atomic E-state index is 9.47. The molecule has 27 heavy (non-hydrogen) atoms. The summed E-state index contributed by atoms with van der Waals surface area (Å²) >= 11 is 1.93. The zero-order valence-corrected chi connectivity index (χ0v) is 18.4. The van der Waals surface area contributed by atoms with Gasteiger partial charge < -0.3 is 20.4 Å². The summed E-state index contributed by atoms with van der Waals surface area (Å²) < 4.78 is 0.529. The summed E-state index contributed by atoms with van der Waals surface area (Å²) in [7, 11) is 0. The topological polar surface area (TPSA) is 80.9 Å². The van der Waals surface area contributed by atoms with Crippen LogP contribution >= 0.6 is 22.6 Å². The molecular formula is C22H31IO4. The van der Waals surface area contributed by atoms with Gasteiger partial charge in [-0.3, -0.25) is 0 Å². The molecular weight excluding hydrogens is 455 g/mol. The first kappa shape index (κ1) is 23.4. The van der Waals surface area contributed by atoms with Crippen LogP contribution in [-0.4, -0.2) is 20.4 Å². The molecule has 2 aromatic carbocycles. The van der Waals surface area contributed by atoms with Gasteiger partial charge in [0, 0.05) is 6.07 Å². The number of aryl methyl sites for hydroxylation is 2. The Labute approximate surface area is 176 Å². The van der Waals surface area contributed by atoms with Gasteiger partial charge in [0.1, 0.15) is 23.0 Å². The second-order valence-electron chi connectivity index (χ2n) is 6.72. The second kappa shape index (κ2) is 12.7. The Bertz CT molecular complexity index is 657. The smallest absolute Gasteiger partial charge is 0.132 e. The van der Waals surface area contributed by atoms with Crippen molar-refractivity contribution >= 4 is 22.6 Å². The highest BCUT2D eigenvalue weighted by Gasteiger charge is 2.06. The van der Waals surface area contributed by atoms with Crippen LogP contribution in [0.1, 0.15) is 63.5 Å². The van der Waals surface area contributed by atoms with Crippen molar-refractivity contribution in [3.63, 3.8) is 0 Å². The normalized spacial score (nSPS) is 10.3. The Hall–Kier alpha value is -1.63. The molecule has 0 atom stereocenters. The van der Waals surface area contributed by atoms with E-state index in [-0.39, 0.29) is 23.0 Å². The van der Waals surface area contributed by atoms with Gasteiger partial charge in [0.25, 0.3) is 0 Å². The Kier molecular flexibility index (Phi) is 11.0. The standard InChI is InChI=1S/C11H15IO2.C11H16O2/c1-2-3-4-5-8-6-9(13)11(12)10(14)7-8;1-2-3-4-5-9-6-10(12)8-11(13)7-9/h6-7,13-14H,2-5H2,1H3;6-8,12-13H,2-5H2,1H3. The number of phenolic OH excluding ortho intramolecular Hbond substituents is 4. The highest BCUT2D eigenvalue weighted by Crippen LogP contribution is 2.30. The molecule has 0 saturated heterocycles. The molecule has 5 heteroatoms. The van der Waals surface area contributed by atoms with E-state index >= 15 is 0 Å². The summed E-state index contributed by atoms with van der Waals surface area (Å²) in [5.74, 6) is 0.646. The van der Waals surface area contributed by atoms with E-state index in [4.69, 9.17) is 0 Å². The van der Waals surface area contributed by atoms with Gasteiger partial charge in [-0.1, -0.05) is 39.5 Å². The van der Waals surface area contributed by atoms with Crippen LogP contribution in [0.3, 0.4) is 0 Å². The van der Waals surface area contributed by atoms with Crippen LogP contribution < -0.4 is 0 Å². The van der Waals surface area contributed by atoms with Crippen LogP contribution in [0, 0.1) is 3.57 Å². The van der Waals surface area contributed by atoms with Crippen molar-refractivity contribution in [1.29, 1.82) is 0 Å². The lowest BCUT2D eigenvalue weighted by Gasteiger charge is -2.05. The number of halogens is 1. The zero-order chi connectivity index (χ0) is 20.2. The molecule has 0 aliphatic rings. The van der Waals surface area contributed by atoms with Gasteiger partial charge in [-0.05, 0) is 83.7 Å². The third-order valence-electron chi connectivity index (χ3n) is 4.19. The number of benzene rings is 2. The molecule has 0 unspecified atom stereocenters. The number of hydrogen-bond donors (Lipinski definition) is 4. The van der Waals surface area contributed by atoms with Gasteiger partial charge in [0.15, 0.2) is 0 Å². The fraction of sp³-hybridized carbons (Fsp3) is 0.455. The quantitative estimate of drug-likeness (QED) is 0.262. The second-order valence-corrected chi connectivity index (χ2v) is 7.80. The number of phenols is 4. The molecule has 0 aromatic heterocycles. The zero-order valence-electron chi connectivity index (χ0n) is 16.2. The SMILES string of the molecule is CCCCCc1cc(O)c(I)c(O)c1.CCCCCc1cc(O)cc(O)c1. The molecule has 0 bridgehead atoms. The summed E-state index contributed by atoms with van der Waals surface area (Å²) in [6.45, 7) is 4.31. The van der Waals surface area contributed by atoms with Crippen molar-refractivity contribution in [2.75, 3.05) is 0 Å². The van der Waals surface area contributed by atoms with Crippen LogP contribution in [-0.2, 0) is 12.8 Å². The molecule has 0 aliphatic carbocycles. The van der Waals surface area contributed by atoms with E-state index in [0.717, 1.165) is 36.8 Å². The van der Waals surface area contributed by atoms with E-state index in [9.17, 15) is 20.4 Å². The first-order valence-corrected chi connectivity index (χ1v) is 10.7. The van der Waals surface area contributed by atoms with Crippen LogP contribution in [0.4, 0.5) is 0 Å². The first-order valence-electron chi connectivity index (χ1n) is 9.59. The largest absolute Gasteiger partial charge is 0.508 e. The van der Waals surface area contributed by atoms with E-state index in [1.165, 1.54) is 31.7 Å². The molecule has 0 radical (unpaired) electrons. The Morgan fingerprint density at radius 2 is 1.04 bits per heavy atom. The predicted molar refractivity (Wildman–Crippen MR) is 119 cm³/mol. The highest BCUT2D eigenvalue weighted by atomic mass is 127. The third-order valence-corrected chi connectivity index (χ3v) is 5.30. The van der Waals surface area contributed by atoms with Gasteiger partial charge in [0.05, 0.1) is 3.57 Å². The molecule has 0 amide bonds. The minimum atomic E-state index is 0.145. The fourth-order valence-corrected chi connectivity index (χ4v) is 3.07. The predicted octanol–water partition coefficient (Wildman–Crippen LogP) is 6.27. The van der Waals surface area contributed by atoms with Crippen molar-refractivity contribution in [3.05, 3.63) is 45.0 Å². The summed E-state index contributed by atoms with van der Waals surface area (Å²) in [6.07, 6.45) is 8.81. The third kappa shape index (κ3) is 9.22. The lowest BCUT2D eigenvalue weighted by atomic mass is 10.1. The average Bonchev–Trinajstić information content (AvgIpc) is 2.60. The fourth-order valence-electron chi connectivity index (χ4n) is 2.75. The molecule has 0 fully saturated rings. The summed E-state index contributed by atoms with van der Waals surface area (Å²) in [4.78, 5) is 0. The number of rotatable bonds is 8. The number of unbranched alkanes of at least 4 members (excludes halogenated alkanes) is 4. The molecule has 2 rings (SSSR count). The summed E-state index contributed by atoms with van der Waals surface area (Å²) in [6, 6.07) is 8.22. The first-order chi connectivity index (χ1) is 12.9.